The number of rotatable bonds is 8. The summed E-state index contributed by atoms with van der Waals surface area (Å²) in [6.45, 7) is 6.32. The quantitative estimate of drug-likeness (QED) is 0.534. The zero-order valence-electron chi connectivity index (χ0n) is 12.5. The van der Waals surface area contributed by atoms with Crippen LogP contribution in [0.25, 0.3) is 0 Å². The maximum Gasteiger partial charge on any atom is 0.327 e. The standard InChI is InChI=1S/C12H22N2O6S/c1-7(2)5-13-11(16)8(3)21(19,20)6-10(12(17)18)14-9(4)15/h7-8,10H,5-6H2,1-4H3,(H,13,16)(H,14,15)(H,17,18)/t8?,10-/m0/s1. The molecule has 0 bridgehead atoms. The van der Waals surface area contributed by atoms with Crippen LogP contribution in [-0.2, 0) is 24.2 Å². The summed E-state index contributed by atoms with van der Waals surface area (Å²) in [7, 11) is -4.00. The van der Waals surface area contributed by atoms with E-state index >= 15 is 0 Å². The van der Waals surface area contributed by atoms with Gasteiger partial charge in [0, 0.05) is 13.5 Å². The number of hydrogen-bond donors (Lipinski definition) is 3. The summed E-state index contributed by atoms with van der Waals surface area (Å²) in [5.74, 6) is -3.48. The molecular formula is C12H22N2O6S. The zero-order chi connectivity index (χ0) is 16.8. The minimum Gasteiger partial charge on any atom is -0.480 e. The molecule has 0 saturated heterocycles. The summed E-state index contributed by atoms with van der Waals surface area (Å²) in [6.07, 6.45) is 0. The topological polar surface area (TPSA) is 130 Å². The molecule has 0 aromatic heterocycles. The van der Waals surface area contributed by atoms with E-state index in [9.17, 15) is 22.8 Å². The van der Waals surface area contributed by atoms with Gasteiger partial charge in [-0.25, -0.2) is 13.2 Å². The molecule has 0 aliphatic heterocycles. The number of nitrogens with one attached hydrogen (secondary N) is 2. The van der Waals surface area contributed by atoms with Gasteiger partial charge in [0.15, 0.2) is 9.84 Å². The summed E-state index contributed by atoms with van der Waals surface area (Å²) in [5.41, 5.74) is 0. The van der Waals surface area contributed by atoms with Crippen molar-refractivity contribution < 1.29 is 27.9 Å². The Bertz CT molecular complexity index is 500. The molecule has 2 amide bonds. The van der Waals surface area contributed by atoms with Crippen molar-refractivity contribution in [2.45, 2.75) is 39.0 Å². The molecule has 0 heterocycles. The maximum atomic E-state index is 12.0. The Labute approximate surface area is 124 Å². The van der Waals surface area contributed by atoms with Crippen LogP contribution < -0.4 is 10.6 Å². The Morgan fingerprint density at radius 1 is 1.14 bits per heavy atom. The molecule has 0 aromatic rings. The highest BCUT2D eigenvalue weighted by Gasteiger charge is 2.33. The minimum absolute atomic E-state index is 0.162. The van der Waals surface area contributed by atoms with Crippen LogP contribution in [0.2, 0.25) is 0 Å². The second kappa shape index (κ2) is 7.96. The first kappa shape index (κ1) is 19.4. The second-order valence-corrected chi connectivity index (χ2v) is 7.57. The number of hydrogen-bond acceptors (Lipinski definition) is 5. The van der Waals surface area contributed by atoms with Gasteiger partial charge in [-0.2, -0.15) is 0 Å². The Morgan fingerprint density at radius 3 is 2.05 bits per heavy atom. The van der Waals surface area contributed by atoms with E-state index in [1.54, 1.807) is 0 Å². The first-order valence-corrected chi connectivity index (χ1v) is 8.18. The summed E-state index contributed by atoms with van der Waals surface area (Å²) in [4.78, 5) is 33.6. The average molecular weight is 322 g/mol. The van der Waals surface area contributed by atoms with E-state index in [1.165, 1.54) is 6.92 Å². The predicted octanol–water partition coefficient (Wildman–Crippen LogP) is -0.849. The average Bonchev–Trinajstić information content (AvgIpc) is 2.33. The van der Waals surface area contributed by atoms with Crippen molar-refractivity contribution in [1.29, 1.82) is 0 Å². The van der Waals surface area contributed by atoms with Gasteiger partial charge in [0.1, 0.15) is 11.3 Å². The lowest BCUT2D eigenvalue weighted by Crippen LogP contribution is -2.48. The number of carboxylic acids is 1. The number of carboxylic acid groups (broad SMARTS) is 1. The maximum absolute atomic E-state index is 12.0. The highest BCUT2D eigenvalue weighted by Crippen LogP contribution is 2.06. The van der Waals surface area contributed by atoms with Gasteiger partial charge in [0.05, 0.1) is 5.75 Å². The van der Waals surface area contributed by atoms with Crippen molar-refractivity contribution in [3.05, 3.63) is 0 Å². The van der Waals surface area contributed by atoms with Crippen LogP contribution in [0.4, 0.5) is 0 Å². The summed E-state index contributed by atoms with van der Waals surface area (Å²) < 4.78 is 24.1. The molecule has 21 heavy (non-hydrogen) atoms. The molecule has 0 radical (unpaired) electrons. The molecule has 0 spiro atoms. The van der Waals surface area contributed by atoms with Gasteiger partial charge in [-0.15, -0.1) is 0 Å². The highest BCUT2D eigenvalue weighted by molar-refractivity contribution is 7.92. The van der Waals surface area contributed by atoms with Crippen molar-refractivity contribution in [1.82, 2.24) is 10.6 Å². The van der Waals surface area contributed by atoms with Crippen LogP contribution in [0.1, 0.15) is 27.7 Å². The van der Waals surface area contributed by atoms with Crippen LogP contribution in [0.15, 0.2) is 0 Å². The lowest BCUT2D eigenvalue weighted by atomic mass is 10.2. The summed E-state index contributed by atoms with van der Waals surface area (Å²) in [6, 6.07) is -1.58. The molecule has 122 valence electrons. The normalized spacial score (nSPS) is 14.3. The molecule has 3 N–H and O–H groups in total. The summed E-state index contributed by atoms with van der Waals surface area (Å²) >= 11 is 0. The Hall–Kier alpha value is -1.64. The van der Waals surface area contributed by atoms with Gasteiger partial charge in [0.2, 0.25) is 11.8 Å². The van der Waals surface area contributed by atoms with Gasteiger partial charge >= 0.3 is 5.97 Å². The van der Waals surface area contributed by atoms with E-state index in [1.807, 2.05) is 19.2 Å². The first-order chi connectivity index (χ1) is 9.47. The number of amides is 2. The van der Waals surface area contributed by atoms with Crippen LogP contribution >= 0.6 is 0 Å². The minimum atomic E-state index is -4.00. The van der Waals surface area contributed by atoms with Crippen molar-refractivity contribution in [3.8, 4) is 0 Å². The molecular weight excluding hydrogens is 300 g/mol. The van der Waals surface area contributed by atoms with Gasteiger partial charge in [-0.1, -0.05) is 13.8 Å². The SMILES string of the molecule is CC(=O)N[C@@H](CS(=O)(=O)C(C)C(=O)NCC(C)C)C(=O)O. The monoisotopic (exact) mass is 322 g/mol. The largest absolute Gasteiger partial charge is 0.480 e. The van der Waals surface area contributed by atoms with E-state index in [0.29, 0.717) is 6.54 Å². The van der Waals surface area contributed by atoms with E-state index in [2.05, 4.69) is 5.32 Å². The van der Waals surface area contributed by atoms with Crippen molar-refractivity contribution in [3.63, 3.8) is 0 Å². The Balaban J connectivity index is 4.89. The lowest BCUT2D eigenvalue weighted by molar-refractivity contribution is -0.140. The van der Waals surface area contributed by atoms with E-state index in [-0.39, 0.29) is 5.92 Å². The Kier molecular flexibility index (Phi) is 7.34. The van der Waals surface area contributed by atoms with Crippen LogP contribution in [-0.4, -0.2) is 54.9 Å². The lowest BCUT2D eigenvalue weighted by Gasteiger charge is -2.18. The van der Waals surface area contributed by atoms with Crippen LogP contribution in [0.5, 0.6) is 0 Å². The third kappa shape index (κ3) is 7.07. The van der Waals surface area contributed by atoms with Gasteiger partial charge in [0.25, 0.3) is 0 Å². The molecule has 0 fully saturated rings. The third-order valence-corrected chi connectivity index (χ3v) is 4.76. The van der Waals surface area contributed by atoms with Crippen molar-refractivity contribution in [2.24, 2.45) is 5.92 Å². The fourth-order valence-electron chi connectivity index (χ4n) is 1.41. The zero-order valence-corrected chi connectivity index (χ0v) is 13.4. The number of carbonyl (C=O) groups is 3. The smallest absolute Gasteiger partial charge is 0.327 e. The molecule has 1 unspecified atom stereocenters. The molecule has 0 aliphatic rings. The molecule has 0 rings (SSSR count). The predicted molar refractivity (Wildman–Crippen MR) is 76.3 cm³/mol. The number of sulfone groups is 1. The van der Waals surface area contributed by atoms with Gasteiger partial charge in [-0.3, -0.25) is 9.59 Å². The first-order valence-electron chi connectivity index (χ1n) is 6.46. The fourth-order valence-corrected chi connectivity index (χ4v) is 2.80. The second-order valence-electron chi connectivity index (χ2n) is 5.20. The summed E-state index contributed by atoms with van der Waals surface area (Å²) in [5, 5.41) is 12.0. The highest BCUT2D eigenvalue weighted by atomic mass is 32.2. The van der Waals surface area contributed by atoms with Gasteiger partial charge < -0.3 is 15.7 Å². The molecule has 9 heteroatoms. The van der Waals surface area contributed by atoms with E-state index in [0.717, 1.165) is 6.92 Å². The van der Waals surface area contributed by atoms with Crippen LogP contribution in [0, 0.1) is 5.92 Å². The van der Waals surface area contributed by atoms with E-state index in [4.69, 9.17) is 5.11 Å². The molecule has 0 aliphatic carbocycles. The molecule has 8 nitrogen and oxygen atoms in total. The molecule has 2 atom stereocenters. The van der Waals surface area contributed by atoms with Crippen molar-refractivity contribution >= 4 is 27.6 Å². The third-order valence-electron chi connectivity index (χ3n) is 2.67. The number of carbonyl (C=O) groups excluding carboxylic acids is 2. The number of aliphatic carboxylic acids is 1. The fraction of sp³-hybridized carbons (Fsp3) is 0.750. The van der Waals surface area contributed by atoms with Gasteiger partial charge in [-0.05, 0) is 12.8 Å². The van der Waals surface area contributed by atoms with Crippen LogP contribution in [0.3, 0.4) is 0 Å². The van der Waals surface area contributed by atoms with E-state index < -0.39 is 44.7 Å². The Morgan fingerprint density at radius 2 is 1.67 bits per heavy atom. The molecule has 0 aromatic carbocycles. The van der Waals surface area contributed by atoms with Crippen molar-refractivity contribution in [2.75, 3.05) is 12.3 Å². The molecule has 0 saturated carbocycles.